The Morgan fingerprint density at radius 3 is 2.43 bits per heavy atom. The number of sulfonamides is 1. The number of nitrogens with one attached hydrogen (secondary N) is 2. The Bertz CT molecular complexity index is 785. The van der Waals surface area contributed by atoms with Crippen LogP contribution in [-0.4, -0.2) is 43.3 Å². The number of urea groups is 1. The third-order valence-electron chi connectivity index (χ3n) is 4.30. The largest absolute Gasteiger partial charge is 0.323 e. The number of carbonyl (C=O) groups is 2. The molecule has 2 N–H and O–H groups in total. The summed E-state index contributed by atoms with van der Waals surface area (Å²) in [7, 11) is -3.98. The van der Waals surface area contributed by atoms with Gasteiger partial charge in [0.25, 0.3) is 5.91 Å². The van der Waals surface area contributed by atoms with Crippen molar-refractivity contribution >= 4 is 22.0 Å². The van der Waals surface area contributed by atoms with E-state index < -0.39 is 33.3 Å². The molecule has 2 aliphatic heterocycles. The zero-order valence-corrected chi connectivity index (χ0v) is 13.2. The fraction of sp³-hybridized carbons (Fsp3) is 0.429. The van der Waals surface area contributed by atoms with Crippen molar-refractivity contribution < 1.29 is 22.4 Å². The van der Waals surface area contributed by atoms with Gasteiger partial charge in [-0.25, -0.2) is 17.6 Å². The van der Waals surface area contributed by atoms with Crippen LogP contribution in [0.4, 0.5) is 9.18 Å². The number of carbonyl (C=O) groups excluding carboxylic acids is 2. The maximum Gasteiger partial charge on any atom is 0.322 e. The second-order valence-electron chi connectivity index (χ2n) is 5.83. The highest BCUT2D eigenvalue weighted by molar-refractivity contribution is 7.89. The summed E-state index contributed by atoms with van der Waals surface area (Å²) in [4.78, 5) is 22.8. The lowest BCUT2D eigenvalue weighted by Gasteiger charge is -2.36. The molecular weight excluding hydrogens is 325 g/mol. The molecule has 7 nitrogen and oxygen atoms in total. The lowest BCUT2D eigenvalue weighted by Crippen LogP contribution is -2.55. The third-order valence-corrected chi connectivity index (χ3v) is 6.21. The molecule has 1 spiro atoms. The summed E-state index contributed by atoms with van der Waals surface area (Å²) in [5.74, 6) is -1.25. The van der Waals surface area contributed by atoms with Gasteiger partial charge in [0.05, 0.1) is 0 Å². The number of imide groups is 1. The average Bonchev–Trinajstić information content (AvgIpc) is 2.76. The maximum absolute atomic E-state index is 13.9. The highest BCUT2D eigenvalue weighted by Gasteiger charge is 2.49. The van der Waals surface area contributed by atoms with E-state index in [2.05, 4.69) is 10.6 Å². The van der Waals surface area contributed by atoms with Crippen molar-refractivity contribution in [1.82, 2.24) is 14.9 Å². The standard InChI is InChI=1S/C14H16FN3O4S/c1-9-2-3-10(15)11(8-9)23(21,22)18-6-4-14(5-7-18)12(19)16-13(20)17-14/h2-3,8H,4-7H2,1H3,(H2,16,17,19,20). The summed E-state index contributed by atoms with van der Waals surface area (Å²) in [5.41, 5.74) is -0.422. The van der Waals surface area contributed by atoms with Crippen LogP contribution in [0.5, 0.6) is 0 Å². The second-order valence-corrected chi connectivity index (χ2v) is 7.73. The maximum atomic E-state index is 13.9. The first-order chi connectivity index (χ1) is 10.7. The van der Waals surface area contributed by atoms with Gasteiger partial charge in [0, 0.05) is 13.1 Å². The van der Waals surface area contributed by atoms with E-state index in [1.807, 2.05) is 0 Å². The molecule has 0 aliphatic carbocycles. The van der Waals surface area contributed by atoms with Gasteiger partial charge < -0.3 is 5.32 Å². The van der Waals surface area contributed by atoms with Gasteiger partial charge in [-0.1, -0.05) is 6.07 Å². The minimum Gasteiger partial charge on any atom is -0.323 e. The van der Waals surface area contributed by atoms with E-state index in [0.717, 1.165) is 10.4 Å². The second kappa shape index (κ2) is 5.27. The van der Waals surface area contributed by atoms with Gasteiger partial charge >= 0.3 is 6.03 Å². The molecule has 0 aromatic heterocycles. The summed E-state index contributed by atoms with van der Waals surface area (Å²) in [6, 6.07) is 3.34. The molecule has 2 aliphatic rings. The lowest BCUT2D eigenvalue weighted by molar-refractivity contribution is -0.125. The quantitative estimate of drug-likeness (QED) is 0.766. The topological polar surface area (TPSA) is 95.6 Å². The monoisotopic (exact) mass is 341 g/mol. The van der Waals surface area contributed by atoms with Crippen LogP contribution < -0.4 is 10.6 Å². The molecule has 124 valence electrons. The van der Waals surface area contributed by atoms with Crippen molar-refractivity contribution in [1.29, 1.82) is 0 Å². The number of amides is 3. The van der Waals surface area contributed by atoms with Crippen LogP contribution in [0.1, 0.15) is 18.4 Å². The van der Waals surface area contributed by atoms with E-state index in [1.54, 1.807) is 6.92 Å². The molecule has 1 aromatic rings. The SMILES string of the molecule is Cc1ccc(F)c(S(=O)(=O)N2CCC3(CC2)NC(=O)NC3=O)c1. The van der Waals surface area contributed by atoms with E-state index in [9.17, 15) is 22.4 Å². The number of aryl methyl sites for hydroxylation is 1. The number of rotatable bonds is 2. The van der Waals surface area contributed by atoms with Gasteiger partial charge in [0.1, 0.15) is 16.3 Å². The first-order valence-corrected chi connectivity index (χ1v) is 8.58. The van der Waals surface area contributed by atoms with Crippen molar-refractivity contribution in [2.45, 2.75) is 30.2 Å². The molecular formula is C14H16FN3O4S. The van der Waals surface area contributed by atoms with Gasteiger partial charge in [-0.15, -0.1) is 0 Å². The third kappa shape index (κ3) is 2.59. The van der Waals surface area contributed by atoms with Crippen molar-refractivity contribution in [3.63, 3.8) is 0 Å². The van der Waals surface area contributed by atoms with Crippen LogP contribution in [0.2, 0.25) is 0 Å². The highest BCUT2D eigenvalue weighted by Crippen LogP contribution is 2.30. The van der Waals surface area contributed by atoms with Crippen LogP contribution in [0.25, 0.3) is 0 Å². The predicted octanol–water partition coefficient (Wildman–Crippen LogP) is 0.497. The molecule has 2 fully saturated rings. The molecule has 9 heteroatoms. The molecule has 0 bridgehead atoms. The first kappa shape index (κ1) is 15.9. The van der Waals surface area contributed by atoms with Crippen LogP contribution in [0.3, 0.4) is 0 Å². The molecule has 3 rings (SSSR count). The predicted molar refractivity (Wildman–Crippen MR) is 78.5 cm³/mol. The molecule has 0 unspecified atom stereocenters. The summed E-state index contributed by atoms with van der Waals surface area (Å²) < 4.78 is 40.3. The lowest BCUT2D eigenvalue weighted by atomic mass is 9.89. The Morgan fingerprint density at radius 2 is 1.87 bits per heavy atom. The Morgan fingerprint density at radius 1 is 1.22 bits per heavy atom. The zero-order chi connectivity index (χ0) is 16.8. The molecule has 0 atom stereocenters. The van der Waals surface area contributed by atoms with Gasteiger partial charge in [-0.2, -0.15) is 4.31 Å². The average molecular weight is 341 g/mol. The van der Waals surface area contributed by atoms with E-state index in [0.29, 0.717) is 5.56 Å². The molecule has 0 radical (unpaired) electrons. The normalized spacial score (nSPS) is 21.3. The summed E-state index contributed by atoms with van der Waals surface area (Å²) in [6.07, 6.45) is 0.300. The molecule has 2 saturated heterocycles. The Balaban J connectivity index is 1.83. The Hall–Kier alpha value is -2.00. The Kier molecular flexibility index (Phi) is 3.64. The van der Waals surface area contributed by atoms with Crippen molar-refractivity contribution in [2.24, 2.45) is 0 Å². The molecule has 2 heterocycles. The number of halogens is 1. The zero-order valence-electron chi connectivity index (χ0n) is 12.4. The molecule has 1 aromatic carbocycles. The van der Waals surface area contributed by atoms with Crippen LogP contribution in [0.15, 0.2) is 23.1 Å². The number of hydrogen-bond acceptors (Lipinski definition) is 4. The summed E-state index contributed by atoms with van der Waals surface area (Å²) >= 11 is 0. The fourth-order valence-corrected chi connectivity index (χ4v) is 4.53. The van der Waals surface area contributed by atoms with Crippen molar-refractivity contribution in [3.05, 3.63) is 29.6 Å². The highest BCUT2D eigenvalue weighted by atomic mass is 32.2. The number of piperidine rings is 1. The van der Waals surface area contributed by atoms with Gasteiger partial charge in [-0.05, 0) is 37.5 Å². The number of nitrogens with zero attached hydrogens (tertiary/aromatic N) is 1. The van der Waals surface area contributed by atoms with Gasteiger partial charge in [0.2, 0.25) is 10.0 Å². The molecule has 23 heavy (non-hydrogen) atoms. The van der Waals surface area contributed by atoms with Crippen LogP contribution in [-0.2, 0) is 14.8 Å². The van der Waals surface area contributed by atoms with E-state index in [1.165, 1.54) is 12.1 Å². The first-order valence-electron chi connectivity index (χ1n) is 7.14. The van der Waals surface area contributed by atoms with Crippen molar-refractivity contribution in [2.75, 3.05) is 13.1 Å². The minimum atomic E-state index is -3.98. The van der Waals surface area contributed by atoms with Crippen LogP contribution in [0, 0.1) is 12.7 Å². The van der Waals surface area contributed by atoms with E-state index in [4.69, 9.17) is 0 Å². The van der Waals surface area contributed by atoms with Crippen molar-refractivity contribution in [3.8, 4) is 0 Å². The molecule has 3 amide bonds. The van der Waals surface area contributed by atoms with E-state index >= 15 is 0 Å². The Labute approximate surface area is 132 Å². The summed E-state index contributed by atoms with van der Waals surface area (Å²) in [6.45, 7) is 1.74. The van der Waals surface area contributed by atoms with Gasteiger partial charge in [-0.3, -0.25) is 10.1 Å². The minimum absolute atomic E-state index is 0.0312. The molecule has 0 saturated carbocycles. The van der Waals surface area contributed by atoms with Crippen LogP contribution >= 0.6 is 0 Å². The van der Waals surface area contributed by atoms with E-state index in [-0.39, 0.29) is 30.8 Å². The van der Waals surface area contributed by atoms with Gasteiger partial charge in [0.15, 0.2) is 0 Å². The fourth-order valence-electron chi connectivity index (χ4n) is 2.94. The smallest absolute Gasteiger partial charge is 0.322 e. The summed E-state index contributed by atoms with van der Waals surface area (Å²) in [5, 5.41) is 4.72. The number of hydrogen-bond donors (Lipinski definition) is 2. The number of benzene rings is 1.